The number of nitrogens with one attached hydrogen (secondary N) is 2. The number of amides is 2. The molecule has 2 heterocycles. The zero-order chi connectivity index (χ0) is 28.8. The summed E-state index contributed by atoms with van der Waals surface area (Å²) in [6, 6.07) is 13.9. The topological polar surface area (TPSA) is 98.8 Å². The number of benzene rings is 2. The van der Waals surface area contributed by atoms with Crippen molar-refractivity contribution in [1.29, 1.82) is 0 Å². The van der Waals surface area contributed by atoms with Gasteiger partial charge < -0.3 is 15.1 Å². The van der Waals surface area contributed by atoms with E-state index in [-0.39, 0.29) is 33.3 Å². The molecule has 0 unspecified atom stereocenters. The quantitative estimate of drug-likeness (QED) is 0.351. The van der Waals surface area contributed by atoms with Crippen molar-refractivity contribution in [3.05, 3.63) is 64.1 Å². The minimum atomic E-state index is -3.73. The van der Waals surface area contributed by atoms with E-state index >= 15 is 0 Å². The van der Waals surface area contributed by atoms with Crippen molar-refractivity contribution in [2.75, 3.05) is 32.7 Å². The van der Waals surface area contributed by atoms with Gasteiger partial charge in [-0.2, -0.15) is 0 Å². The molecule has 0 aliphatic carbocycles. The van der Waals surface area contributed by atoms with Gasteiger partial charge in [0, 0.05) is 32.7 Å². The van der Waals surface area contributed by atoms with E-state index in [1.165, 1.54) is 23.8 Å². The molecule has 2 aliphatic rings. The lowest BCUT2D eigenvalue weighted by molar-refractivity contribution is -0.161. The average molecular weight is 610 g/mol. The SMILES string of the molecule is CCCN1C(=O)[C@H](CCCCNS(=O)(=O)c2ccc(Cl)c(Cl)c2)NC(=O)C12CCN(CCc1ccccc1)CC2. The first-order valence-electron chi connectivity index (χ1n) is 14.0. The molecule has 2 aromatic rings. The van der Waals surface area contributed by atoms with Gasteiger partial charge in [-0.05, 0) is 68.7 Å². The van der Waals surface area contributed by atoms with Crippen molar-refractivity contribution in [2.45, 2.75) is 68.3 Å². The van der Waals surface area contributed by atoms with Crippen molar-refractivity contribution in [3.8, 4) is 0 Å². The Morgan fingerprint density at radius 2 is 1.73 bits per heavy atom. The third-order valence-corrected chi connectivity index (χ3v) is 10.1. The van der Waals surface area contributed by atoms with Gasteiger partial charge in [-0.15, -0.1) is 0 Å². The summed E-state index contributed by atoms with van der Waals surface area (Å²) in [6.45, 7) is 5.27. The standard InChI is InChI=1S/C29H38Cl2N4O4S/c1-2-17-35-27(36)26(10-6-7-16-32-40(38,39)23-11-12-24(30)25(31)21-23)33-28(37)29(35)14-19-34(20-15-29)18-13-22-8-4-3-5-9-22/h3-5,8-9,11-12,21,26,32H,2,6-7,10,13-20H2,1H3,(H,33,37)/t26-/m0/s1. The number of nitrogens with zero attached hydrogens (tertiary/aromatic N) is 2. The molecule has 0 aromatic heterocycles. The number of unbranched alkanes of at least 4 members (excludes halogenated alkanes) is 1. The maximum Gasteiger partial charge on any atom is 0.246 e. The summed E-state index contributed by atoms with van der Waals surface area (Å²) >= 11 is 11.8. The minimum Gasteiger partial charge on any atom is -0.342 e. The summed E-state index contributed by atoms with van der Waals surface area (Å²) in [5, 5.41) is 3.47. The molecule has 2 saturated heterocycles. The number of carbonyl (C=O) groups is 2. The maximum absolute atomic E-state index is 13.6. The van der Waals surface area contributed by atoms with Gasteiger partial charge in [-0.25, -0.2) is 13.1 Å². The molecule has 218 valence electrons. The van der Waals surface area contributed by atoms with E-state index < -0.39 is 21.6 Å². The Morgan fingerprint density at radius 1 is 1.00 bits per heavy atom. The fraction of sp³-hybridized carbons (Fsp3) is 0.517. The normalized spacial score (nSPS) is 19.7. The Kier molecular flexibility index (Phi) is 10.5. The van der Waals surface area contributed by atoms with Gasteiger partial charge >= 0.3 is 0 Å². The van der Waals surface area contributed by atoms with Gasteiger partial charge in [0.15, 0.2) is 0 Å². The maximum atomic E-state index is 13.6. The second-order valence-electron chi connectivity index (χ2n) is 10.6. The third kappa shape index (κ3) is 7.18. The Labute approximate surface area is 247 Å². The number of piperidine rings is 1. The van der Waals surface area contributed by atoms with Gasteiger partial charge in [0.2, 0.25) is 21.8 Å². The zero-order valence-corrected chi connectivity index (χ0v) is 25.2. The lowest BCUT2D eigenvalue weighted by atomic mass is 9.81. The van der Waals surface area contributed by atoms with E-state index in [9.17, 15) is 18.0 Å². The highest BCUT2D eigenvalue weighted by Gasteiger charge is 2.53. The largest absolute Gasteiger partial charge is 0.342 e. The Bertz CT molecular complexity index is 1280. The highest BCUT2D eigenvalue weighted by Crippen LogP contribution is 2.34. The minimum absolute atomic E-state index is 0.0319. The summed E-state index contributed by atoms with van der Waals surface area (Å²) < 4.78 is 27.7. The molecule has 2 amide bonds. The Morgan fingerprint density at radius 3 is 2.40 bits per heavy atom. The van der Waals surface area contributed by atoms with E-state index in [0.29, 0.717) is 38.6 Å². The molecule has 0 bridgehead atoms. The molecule has 1 spiro atoms. The van der Waals surface area contributed by atoms with Gasteiger partial charge in [-0.3, -0.25) is 9.59 Å². The van der Waals surface area contributed by atoms with Crippen LogP contribution in [-0.4, -0.2) is 74.3 Å². The molecule has 2 N–H and O–H groups in total. The summed E-state index contributed by atoms with van der Waals surface area (Å²) in [4.78, 5) is 31.3. The van der Waals surface area contributed by atoms with Gasteiger partial charge in [0.1, 0.15) is 11.6 Å². The van der Waals surface area contributed by atoms with Crippen molar-refractivity contribution in [1.82, 2.24) is 19.8 Å². The predicted octanol–water partition coefficient (Wildman–Crippen LogP) is 4.26. The molecule has 0 saturated carbocycles. The average Bonchev–Trinajstić information content (AvgIpc) is 2.95. The van der Waals surface area contributed by atoms with Crippen molar-refractivity contribution in [3.63, 3.8) is 0 Å². The molecular formula is C29H38Cl2N4O4S. The molecule has 0 radical (unpaired) electrons. The van der Waals surface area contributed by atoms with Crippen LogP contribution in [0.15, 0.2) is 53.4 Å². The molecule has 11 heteroatoms. The van der Waals surface area contributed by atoms with Crippen molar-refractivity contribution >= 4 is 45.0 Å². The van der Waals surface area contributed by atoms with E-state index in [1.807, 2.05) is 30.0 Å². The highest BCUT2D eigenvalue weighted by molar-refractivity contribution is 7.89. The third-order valence-electron chi connectivity index (χ3n) is 7.91. The zero-order valence-electron chi connectivity index (χ0n) is 22.9. The molecule has 1 atom stereocenters. The highest BCUT2D eigenvalue weighted by atomic mass is 35.5. The number of hydrogen-bond donors (Lipinski definition) is 2. The number of sulfonamides is 1. The van der Waals surface area contributed by atoms with Crippen molar-refractivity contribution < 1.29 is 18.0 Å². The fourth-order valence-corrected chi connectivity index (χ4v) is 7.06. The predicted molar refractivity (Wildman–Crippen MR) is 158 cm³/mol. The first-order valence-corrected chi connectivity index (χ1v) is 16.2. The Hall–Kier alpha value is -2.17. The van der Waals surface area contributed by atoms with E-state index in [4.69, 9.17) is 23.2 Å². The van der Waals surface area contributed by atoms with Crippen LogP contribution in [0.25, 0.3) is 0 Å². The Balaban J connectivity index is 1.27. The number of carbonyl (C=O) groups excluding carboxylic acids is 2. The molecular weight excluding hydrogens is 571 g/mol. The summed E-state index contributed by atoms with van der Waals surface area (Å²) in [7, 11) is -3.73. The van der Waals surface area contributed by atoms with Crippen LogP contribution in [0.1, 0.15) is 51.0 Å². The fourth-order valence-electron chi connectivity index (χ4n) is 5.60. The van der Waals surface area contributed by atoms with Gasteiger partial charge in [-0.1, -0.05) is 60.5 Å². The van der Waals surface area contributed by atoms with Crippen LogP contribution in [-0.2, 0) is 26.0 Å². The van der Waals surface area contributed by atoms with E-state index in [0.717, 1.165) is 32.5 Å². The van der Waals surface area contributed by atoms with Crippen LogP contribution in [0.4, 0.5) is 0 Å². The smallest absolute Gasteiger partial charge is 0.246 e. The molecule has 2 aromatic carbocycles. The molecule has 2 fully saturated rings. The first-order chi connectivity index (χ1) is 19.2. The summed E-state index contributed by atoms with van der Waals surface area (Å²) in [5.74, 6) is -0.0934. The monoisotopic (exact) mass is 608 g/mol. The number of halogens is 2. The molecule has 8 nitrogen and oxygen atoms in total. The van der Waals surface area contributed by atoms with E-state index in [1.54, 1.807) is 0 Å². The first kappa shape index (κ1) is 30.8. The lowest BCUT2D eigenvalue weighted by Crippen LogP contribution is -2.72. The van der Waals surface area contributed by atoms with Crippen LogP contribution in [0, 0.1) is 0 Å². The van der Waals surface area contributed by atoms with Crippen molar-refractivity contribution in [2.24, 2.45) is 0 Å². The number of piperazine rings is 1. The number of likely N-dealkylation sites (tertiary alicyclic amines) is 1. The van der Waals surface area contributed by atoms with Crippen LogP contribution < -0.4 is 10.0 Å². The van der Waals surface area contributed by atoms with Gasteiger partial charge in [0.25, 0.3) is 0 Å². The van der Waals surface area contributed by atoms with Crippen LogP contribution in [0.3, 0.4) is 0 Å². The molecule has 4 rings (SSSR count). The summed E-state index contributed by atoms with van der Waals surface area (Å²) in [5.41, 5.74) is 0.508. The second kappa shape index (κ2) is 13.7. The van der Waals surface area contributed by atoms with Crippen LogP contribution >= 0.6 is 23.2 Å². The van der Waals surface area contributed by atoms with E-state index in [2.05, 4.69) is 27.1 Å². The van der Waals surface area contributed by atoms with Crippen LogP contribution in [0.2, 0.25) is 10.0 Å². The number of rotatable bonds is 12. The molecule has 2 aliphatic heterocycles. The molecule has 40 heavy (non-hydrogen) atoms. The second-order valence-corrected chi connectivity index (χ2v) is 13.2. The summed E-state index contributed by atoms with van der Waals surface area (Å²) in [6.07, 6.45) is 4.56. The lowest BCUT2D eigenvalue weighted by Gasteiger charge is -2.51. The van der Waals surface area contributed by atoms with Crippen LogP contribution in [0.5, 0.6) is 0 Å². The van der Waals surface area contributed by atoms with Gasteiger partial charge in [0.05, 0.1) is 14.9 Å². The number of hydrogen-bond acceptors (Lipinski definition) is 5.